The van der Waals surface area contributed by atoms with E-state index in [4.69, 9.17) is 4.74 Å². The van der Waals surface area contributed by atoms with E-state index in [9.17, 15) is 9.59 Å². The summed E-state index contributed by atoms with van der Waals surface area (Å²) >= 11 is 0. The fraction of sp³-hybridized carbons (Fsp3) is 0.412. The molecule has 1 aromatic heterocycles. The van der Waals surface area contributed by atoms with Crippen molar-refractivity contribution in [2.75, 3.05) is 19.0 Å². The van der Waals surface area contributed by atoms with Crippen LogP contribution in [0, 0.1) is 5.92 Å². The summed E-state index contributed by atoms with van der Waals surface area (Å²) in [5, 5.41) is 13.1. The lowest BCUT2D eigenvalue weighted by atomic mass is 10.1. The molecule has 0 spiro atoms. The highest BCUT2D eigenvalue weighted by Crippen LogP contribution is 2.11. The van der Waals surface area contributed by atoms with Crippen LogP contribution in [-0.2, 0) is 22.6 Å². The number of ether oxygens (including phenoxy) is 1. The van der Waals surface area contributed by atoms with E-state index in [0.29, 0.717) is 12.4 Å². The van der Waals surface area contributed by atoms with Gasteiger partial charge in [-0.25, -0.2) is 4.68 Å². The van der Waals surface area contributed by atoms with Crippen LogP contribution >= 0.6 is 0 Å². The number of nitrogens with zero attached hydrogens (tertiary/aromatic N) is 3. The van der Waals surface area contributed by atoms with Gasteiger partial charge in [0, 0.05) is 12.5 Å². The predicted octanol–water partition coefficient (Wildman–Crippen LogP) is 1.24. The second-order valence-corrected chi connectivity index (χ2v) is 5.89. The van der Waals surface area contributed by atoms with Crippen LogP contribution in [0.1, 0.15) is 19.4 Å². The highest BCUT2D eigenvalue weighted by molar-refractivity contribution is 5.90. The van der Waals surface area contributed by atoms with E-state index in [0.717, 1.165) is 17.7 Å². The third-order valence-corrected chi connectivity index (χ3v) is 3.51. The van der Waals surface area contributed by atoms with Crippen molar-refractivity contribution in [3.63, 3.8) is 0 Å². The van der Waals surface area contributed by atoms with Gasteiger partial charge in [0.1, 0.15) is 12.3 Å². The molecule has 0 bridgehead atoms. The number of methoxy groups -OCH3 is 1. The maximum atomic E-state index is 11.9. The number of aromatic nitrogens is 3. The van der Waals surface area contributed by atoms with Crippen LogP contribution in [0.4, 0.5) is 5.82 Å². The molecule has 0 saturated carbocycles. The molecule has 0 unspecified atom stereocenters. The number of anilines is 1. The number of rotatable bonds is 8. The Hall–Kier alpha value is -2.90. The molecule has 2 N–H and O–H groups in total. The quantitative estimate of drug-likeness (QED) is 0.750. The van der Waals surface area contributed by atoms with Crippen LogP contribution in [0.15, 0.2) is 30.5 Å². The number of carbonyl (C=O) groups is 2. The smallest absolute Gasteiger partial charge is 0.241 e. The van der Waals surface area contributed by atoms with E-state index in [1.54, 1.807) is 21.0 Å². The lowest BCUT2D eigenvalue weighted by Crippen LogP contribution is -2.29. The van der Waals surface area contributed by atoms with Crippen LogP contribution in [0.5, 0.6) is 5.75 Å². The van der Waals surface area contributed by atoms with Crippen molar-refractivity contribution in [1.82, 2.24) is 20.3 Å². The molecule has 2 amide bonds. The van der Waals surface area contributed by atoms with E-state index in [1.165, 1.54) is 10.9 Å². The summed E-state index contributed by atoms with van der Waals surface area (Å²) in [5.74, 6) is 0.687. The summed E-state index contributed by atoms with van der Waals surface area (Å²) in [6.07, 6.45) is 2.26. The van der Waals surface area contributed by atoms with E-state index in [-0.39, 0.29) is 24.3 Å². The van der Waals surface area contributed by atoms with Gasteiger partial charge in [-0.3, -0.25) is 9.59 Å². The van der Waals surface area contributed by atoms with Gasteiger partial charge < -0.3 is 15.4 Å². The number of nitrogens with one attached hydrogen (secondary N) is 2. The van der Waals surface area contributed by atoms with Crippen LogP contribution in [0.2, 0.25) is 0 Å². The molecule has 0 aliphatic heterocycles. The van der Waals surface area contributed by atoms with Gasteiger partial charge in [0.15, 0.2) is 5.82 Å². The second kappa shape index (κ2) is 8.81. The molecule has 0 aliphatic rings. The summed E-state index contributed by atoms with van der Waals surface area (Å²) < 4.78 is 6.49. The lowest BCUT2D eigenvalue weighted by molar-refractivity contribution is -0.122. The Kier molecular flexibility index (Phi) is 6.50. The molecule has 0 atom stereocenters. The van der Waals surface area contributed by atoms with Crippen molar-refractivity contribution in [3.8, 4) is 5.75 Å². The Bertz CT molecular complexity index is 709. The molecule has 2 rings (SSSR count). The van der Waals surface area contributed by atoms with Crippen LogP contribution in [-0.4, -0.2) is 40.5 Å². The van der Waals surface area contributed by atoms with E-state index < -0.39 is 0 Å². The first-order chi connectivity index (χ1) is 12.0. The number of benzene rings is 1. The Morgan fingerprint density at radius 3 is 2.60 bits per heavy atom. The van der Waals surface area contributed by atoms with Crippen LogP contribution in [0.25, 0.3) is 0 Å². The molecule has 1 heterocycles. The number of amides is 2. The summed E-state index contributed by atoms with van der Waals surface area (Å²) in [6.45, 7) is 4.15. The maximum absolute atomic E-state index is 11.9. The Balaban J connectivity index is 1.74. The van der Waals surface area contributed by atoms with E-state index >= 15 is 0 Å². The normalized spacial score (nSPS) is 10.6. The van der Waals surface area contributed by atoms with Gasteiger partial charge in [-0.05, 0) is 24.1 Å². The fourth-order valence-corrected chi connectivity index (χ4v) is 2.05. The topological polar surface area (TPSA) is 98.1 Å². The van der Waals surface area contributed by atoms with Crippen molar-refractivity contribution >= 4 is 17.6 Å². The zero-order chi connectivity index (χ0) is 18.2. The maximum Gasteiger partial charge on any atom is 0.241 e. The average molecular weight is 345 g/mol. The molecule has 1 aromatic carbocycles. The minimum absolute atomic E-state index is 0.0488. The van der Waals surface area contributed by atoms with Crippen molar-refractivity contribution < 1.29 is 14.3 Å². The lowest BCUT2D eigenvalue weighted by Gasteiger charge is -2.06. The third-order valence-electron chi connectivity index (χ3n) is 3.51. The van der Waals surface area contributed by atoms with Gasteiger partial charge >= 0.3 is 0 Å². The molecule has 8 nitrogen and oxygen atoms in total. The van der Waals surface area contributed by atoms with Gasteiger partial charge in [-0.15, -0.1) is 5.10 Å². The van der Waals surface area contributed by atoms with Gasteiger partial charge in [-0.1, -0.05) is 31.2 Å². The van der Waals surface area contributed by atoms with Gasteiger partial charge in [0.25, 0.3) is 0 Å². The number of carbonyl (C=O) groups excluding carboxylic acids is 2. The summed E-state index contributed by atoms with van der Waals surface area (Å²) in [5.41, 5.74) is 1.11. The SMILES string of the molecule is COc1ccc(CCNC(=O)Cn2cc(NC(=O)C(C)C)nn2)cc1. The zero-order valence-electron chi connectivity index (χ0n) is 14.7. The molecule has 0 saturated heterocycles. The molecular formula is C17H23N5O3. The third kappa shape index (κ3) is 5.91. The van der Waals surface area contributed by atoms with Gasteiger partial charge in [0.05, 0.1) is 13.3 Å². The van der Waals surface area contributed by atoms with Crippen molar-refractivity contribution in [1.29, 1.82) is 0 Å². The molecule has 8 heteroatoms. The van der Waals surface area contributed by atoms with Gasteiger partial charge in [-0.2, -0.15) is 0 Å². The predicted molar refractivity (Wildman–Crippen MR) is 93.2 cm³/mol. The highest BCUT2D eigenvalue weighted by Gasteiger charge is 2.11. The first-order valence-corrected chi connectivity index (χ1v) is 8.08. The van der Waals surface area contributed by atoms with Crippen LogP contribution < -0.4 is 15.4 Å². The van der Waals surface area contributed by atoms with Crippen molar-refractivity contribution in [2.24, 2.45) is 5.92 Å². The first-order valence-electron chi connectivity index (χ1n) is 8.08. The molecule has 134 valence electrons. The van der Waals surface area contributed by atoms with E-state index in [1.807, 2.05) is 24.3 Å². The Morgan fingerprint density at radius 2 is 1.96 bits per heavy atom. The minimum Gasteiger partial charge on any atom is -0.497 e. The standard InChI is InChI=1S/C17H23N5O3/c1-12(2)17(24)19-15-10-22(21-20-15)11-16(23)18-9-8-13-4-6-14(25-3)7-5-13/h4-7,10,12H,8-9,11H2,1-3H3,(H,18,23)(H,19,24). The summed E-state index contributed by atoms with van der Waals surface area (Å²) in [7, 11) is 1.62. The zero-order valence-corrected chi connectivity index (χ0v) is 14.7. The monoisotopic (exact) mass is 345 g/mol. The molecule has 2 aromatic rings. The number of hydrogen-bond acceptors (Lipinski definition) is 5. The van der Waals surface area contributed by atoms with Gasteiger partial charge in [0.2, 0.25) is 11.8 Å². The molecule has 0 aliphatic carbocycles. The molecular weight excluding hydrogens is 322 g/mol. The molecule has 0 fully saturated rings. The summed E-state index contributed by atoms with van der Waals surface area (Å²) in [4.78, 5) is 23.5. The fourth-order valence-electron chi connectivity index (χ4n) is 2.05. The molecule has 0 radical (unpaired) electrons. The summed E-state index contributed by atoms with van der Waals surface area (Å²) in [6, 6.07) is 7.71. The highest BCUT2D eigenvalue weighted by atomic mass is 16.5. The Morgan fingerprint density at radius 1 is 1.24 bits per heavy atom. The average Bonchev–Trinajstić information content (AvgIpc) is 3.02. The van der Waals surface area contributed by atoms with E-state index in [2.05, 4.69) is 20.9 Å². The largest absolute Gasteiger partial charge is 0.497 e. The number of hydrogen-bond donors (Lipinski definition) is 2. The molecule has 25 heavy (non-hydrogen) atoms. The minimum atomic E-state index is -0.167. The second-order valence-electron chi connectivity index (χ2n) is 5.89. The van der Waals surface area contributed by atoms with Crippen molar-refractivity contribution in [2.45, 2.75) is 26.8 Å². The Labute approximate surface area is 146 Å². The van der Waals surface area contributed by atoms with Crippen LogP contribution in [0.3, 0.4) is 0 Å². The first kappa shape index (κ1) is 18.4. The van der Waals surface area contributed by atoms with Crippen molar-refractivity contribution in [3.05, 3.63) is 36.0 Å².